The van der Waals surface area contributed by atoms with Crippen molar-refractivity contribution in [3.05, 3.63) is 69.6 Å². The predicted molar refractivity (Wildman–Crippen MR) is 112 cm³/mol. The fourth-order valence-electron chi connectivity index (χ4n) is 3.23. The van der Waals surface area contributed by atoms with Crippen LogP contribution in [-0.4, -0.2) is 23.2 Å². The van der Waals surface area contributed by atoms with Gasteiger partial charge in [-0.25, -0.2) is 0 Å². The van der Waals surface area contributed by atoms with Crippen molar-refractivity contribution < 1.29 is 4.79 Å². The van der Waals surface area contributed by atoms with Crippen molar-refractivity contribution in [3.63, 3.8) is 0 Å². The van der Waals surface area contributed by atoms with Gasteiger partial charge in [0.2, 0.25) is 5.91 Å². The number of nitrogens with one attached hydrogen (secondary N) is 2. The molecule has 0 radical (unpaired) electrons. The van der Waals surface area contributed by atoms with Gasteiger partial charge in [0, 0.05) is 23.7 Å². The lowest BCUT2D eigenvalue weighted by atomic mass is 9.86. The van der Waals surface area contributed by atoms with Gasteiger partial charge in [0.1, 0.15) is 0 Å². The molecule has 1 amide bonds. The van der Waals surface area contributed by atoms with Gasteiger partial charge in [-0.3, -0.25) is 9.59 Å². The monoisotopic (exact) mass is 382 g/mol. The summed E-state index contributed by atoms with van der Waals surface area (Å²) >= 11 is 1.43. The Balaban J connectivity index is 2.05. The van der Waals surface area contributed by atoms with E-state index in [-0.39, 0.29) is 22.9 Å². The molecule has 1 aliphatic rings. The maximum absolute atomic E-state index is 12.3. The SMILES string of the molecule is CSc1ccc(/C(=C\[C@H]2CCC(=O)N2)c2ccc(C(C)(C)C)cc2)[nH]c1=O. The van der Waals surface area contributed by atoms with Gasteiger partial charge < -0.3 is 10.3 Å². The molecule has 1 aromatic heterocycles. The minimum atomic E-state index is -0.0901. The van der Waals surface area contributed by atoms with E-state index in [1.165, 1.54) is 17.3 Å². The van der Waals surface area contributed by atoms with Crippen LogP contribution in [0, 0.1) is 0 Å². The van der Waals surface area contributed by atoms with Crippen molar-refractivity contribution in [3.8, 4) is 0 Å². The third-order valence-electron chi connectivity index (χ3n) is 4.84. The molecule has 4 nitrogen and oxygen atoms in total. The highest BCUT2D eigenvalue weighted by Crippen LogP contribution is 2.28. The molecule has 142 valence electrons. The van der Waals surface area contributed by atoms with E-state index in [0.717, 1.165) is 23.3 Å². The molecule has 1 aromatic carbocycles. The summed E-state index contributed by atoms with van der Waals surface area (Å²) in [6.45, 7) is 6.56. The molecule has 1 aliphatic heterocycles. The Morgan fingerprint density at radius 1 is 1.11 bits per heavy atom. The third kappa shape index (κ3) is 4.53. The van der Waals surface area contributed by atoms with Crippen molar-refractivity contribution >= 4 is 23.2 Å². The summed E-state index contributed by atoms with van der Waals surface area (Å²) in [5.74, 6) is 0.0740. The fourth-order valence-corrected chi connectivity index (χ4v) is 3.67. The molecule has 1 atom stereocenters. The Labute approximate surface area is 164 Å². The standard InChI is InChI=1S/C22H26N2O2S/c1-22(2,3)15-7-5-14(6-8-15)17(13-16-9-12-20(25)23-16)18-10-11-19(27-4)21(26)24-18/h5-8,10-11,13,16H,9,12H2,1-4H3,(H,23,25)(H,24,26)/b17-13-/t16-/m1/s1. The molecule has 27 heavy (non-hydrogen) atoms. The normalized spacial score (nSPS) is 17.9. The van der Waals surface area contributed by atoms with E-state index in [1.54, 1.807) is 0 Å². The topological polar surface area (TPSA) is 62.0 Å². The van der Waals surface area contributed by atoms with Gasteiger partial charge in [-0.1, -0.05) is 51.1 Å². The highest BCUT2D eigenvalue weighted by molar-refractivity contribution is 7.98. The average Bonchev–Trinajstić information content (AvgIpc) is 3.04. The Morgan fingerprint density at radius 2 is 1.81 bits per heavy atom. The van der Waals surface area contributed by atoms with Crippen LogP contribution in [-0.2, 0) is 10.2 Å². The summed E-state index contributed by atoms with van der Waals surface area (Å²) in [5, 5.41) is 2.99. The second-order valence-electron chi connectivity index (χ2n) is 7.89. The molecule has 1 saturated heterocycles. The van der Waals surface area contributed by atoms with Gasteiger partial charge in [0.05, 0.1) is 4.90 Å². The van der Waals surface area contributed by atoms with E-state index >= 15 is 0 Å². The minimum Gasteiger partial charge on any atom is -0.350 e. The Bertz CT molecular complexity index is 921. The van der Waals surface area contributed by atoms with Crippen molar-refractivity contribution in [1.29, 1.82) is 0 Å². The van der Waals surface area contributed by atoms with Crippen LogP contribution in [0.3, 0.4) is 0 Å². The fraction of sp³-hybridized carbons (Fsp3) is 0.364. The first-order valence-electron chi connectivity index (χ1n) is 9.18. The van der Waals surface area contributed by atoms with Crippen molar-refractivity contribution in [2.45, 2.75) is 50.0 Å². The van der Waals surface area contributed by atoms with E-state index in [4.69, 9.17) is 0 Å². The zero-order valence-electron chi connectivity index (χ0n) is 16.3. The smallest absolute Gasteiger partial charge is 0.262 e. The predicted octanol–water partition coefficient (Wildman–Crippen LogP) is 4.10. The van der Waals surface area contributed by atoms with Crippen LogP contribution < -0.4 is 10.9 Å². The van der Waals surface area contributed by atoms with Crippen LogP contribution in [0.1, 0.15) is 50.4 Å². The largest absolute Gasteiger partial charge is 0.350 e. The van der Waals surface area contributed by atoms with Crippen molar-refractivity contribution in [1.82, 2.24) is 10.3 Å². The second kappa shape index (κ2) is 7.77. The lowest BCUT2D eigenvalue weighted by Gasteiger charge is -2.20. The van der Waals surface area contributed by atoms with Crippen LogP contribution in [0.25, 0.3) is 5.57 Å². The molecule has 2 N–H and O–H groups in total. The molecular weight excluding hydrogens is 356 g/mol. The van der Waals surface area contributed by atoms with Gasteiger partial charge >= 0.3 is 0 Å². The number of H-pyrrole nitrogens is 1. The summed E-state index contributed by atoms with van der Waals surface area (Å²) in [6.07, 6.45) is 5.26. The number of aromatic amines is 1. The highest BCUT2D eigenvalue weighted by atomic mass is 32.2. The second-order valence-corrected chi connectivity index (χ2v) is 8.74. The van der Waals surface area contributed by atoms with Gasteiger partial charge in [0.15, 0.2) is 0 Å². The number of pyridine rings is 1. The van der Waals surface area contributed by atoms with E-state index in [2.05, 4.69) is 61.4 Å². The maximum atomic E-state index is 12.3. The molecule has 0 saturated carbocycles. The van der Waals surface area contributed by atoms with Gasteiger partial charge in [-0.05, 0) is 41.4 Å². The van der Waals surface area contributed by atoms with Crippen LogP contribution in [0.15, 0.2) is 52.2 Å². The summed E-state index contributed by atoms with van der Waals surface area (Å²) in [4.78, 5) is 27.6. The van der Waals surface area contributed by atoms with E-state index in [0.29, 0.717) is 11.3 Å². The van der Waals surface area contributed by atoms with Crippen LogP contribution >= 0.6 is 11.8 Å². The van der Waals surface area contributed by atoms with Gasteiger partial charge in [-0.2, -0.15) is 0 Å². The van der Waals surface area contributed by atoms with Crippen LogP contribution in [0.5, 0.6) is 0 Å². The van der Waals surface area contributed by atoms with E-state index in [9.17, 15) is 9.59 Å². The molecule has 0 spiro atoms. The number of amides is 1. The van der Waals surface area contributed by atoms with Crippen molar-refractivity contribution in [2.75, 3.05) is 6.26 Å². The molecule has 5 heteroatoms. The molecule has 0 unspecified atom stereocenters. The first kappa shape index (κ1) is 19.5. The lowest BCUT2D eigenvalue weighted by molar-refractivity contribution is -0.119. The Morgan fingerprint density at radius 3 is 2.33 bits per heavy atom. The number of rotatable bonds is 4. The quantitative estimate of drug-likeness (QED) is 0.783. The van der Waals surface area contributed by atoms with Crippen LogP contribution in [0.2, 0.25) is 0 Å². The number of hydrogen-bond donors (Lipinski definition) is 2. The first-order chi connectivity index (χ1) is 12.8. The number of hydrogen-bond acceptors (Lipinski definition) is 3. The zero-order chi connectivity index (χ0) is 19.6. The molecule has 2 heterocycles. The van der Waals surface area contributed by atoms with Gasteiger partial charge in [0.25, 0.3) is 5.56 Å². The average molecular weight is 383 g/mol. The molecule has 1 fully saturated rings. The van der Waals surface area contributed by atoms with E-state index < -0.39 is 0 Å². The van der Waals surface area contributed by atoms with Crippen molar-refractivity contribution in [2.24, 2.45) is 0 Å². The summed E-state index contributed by atoms with van der Waals surface area (Å²) in [6, 6.07) is 12.2. The zero-order valence-corrected chi connectivity index (χ0v) is 17.1. The molecule has 2 aromatic rings. The molecule has 0 bridgehead atoms. The highest BCUT2D eigenvalue weighted by Gasteiger charge is 2.21. The molecule has 3 rings (SSSR count). The lowest BCUT2D eigenvalue weighted by Crippen LogP contribution is -2.23. The third-order valence-corrected chi connectivity index (χ3v) is 5.60. The van der Waals surface area contributed by atoms with Gasteiger partial charge in [-0.15, -0.1) is 11.8 Å². The Kier molecular flexibility index (Phi) is 5.61. The number of carbonyl (C=O) groups is 1. The summed E-state index contributed by atoms with van der Waals surface area (Å²) < 4.78 is 0. The molecular formula is C22H26N2O2S. The first-order valence-corrected chi connectivity index (χ1v) is 10.4. The summed E-state index contributed by atoms with van der Waals surface area (Å²) in [5.41, 5.74) is 3.97. The maximum Gasteiger partial charge on any atom is 0.262 e. The number of carbonyl (C=O) groups excluding carboxylic acids is 1. The summed E-state index contributed by atoms with van der Waals surface area (Å²) in [7, 11) is 0. The number of benzene rings is 1. The number of aromatic nitrogens is 1. The number of thioether (sulfide) groups is 1. The van der Waals surface area contributed by atoms with Crippen LogP contribution in [0.4, 0.5) is 0 Å². The Hall–Kier alpha value is -2.27. The minimum absolute atomic E-state index is 0.0153. The molecule has 0 aliphatic carbocycles. The van der Waals surface area contributed by atoms with E-state index in [1.807, 2.05) is 18.4 Å².